The number of hydrogen-bond donors (Lipinski definition) is 2. The average Bonchev–Trinajstić information content (AvgIpc) is 2.96. The summed E-state index contributed by atoms with van der Waals surface area (Å²) in [5.41, 5.74) is 0.994. The predicted octanol–water partition coefficient (Wildman–Crippen LogP) is 3.26. The SMILES string of the molecule is CN=C(NCC1CCOC1)NC(C)c1ccc(Cl)cc1Cl. The Morgan fingerprint density at radius 1 is 1.48 bits per heavy atom. The molecule has 0 aromatic heterocycles. The minimum atomic E-state index is 0.0424. The molecule has 0 radical (unpaired) electrons. The maximum atomic E-state index is 6.23. The van der Waals surface area contributed by atoms with E-state index in [-0.39, 0.29) is 6.04 Å². The molecular weight excluding hydrogens is 309 g/mol. The Kier molecular flexibility index (Phi) is 6.15. The van der Waals surface area contributed by atoms with Crippen molar-refractivity contribution in [2.75, 3.05) is 26.8 Å². The highest BCUT2D eigenvalue weighted by molar-refractivity contribution is 6.35. The van der Waals surface area contributed by atoms with Gasteiger partial charge >= 0.3 is 0 Å². The number of rotatable bonds is 4. The minimum absolute atomic E-state index is 0.0424. The van der Waals surface area contributed by atoms with Gasteiger partial charge in [0.15, 0.2) is 5.96 Å². The zero-order chi connectivity index (χ0) is 15.2. The van der Waals surface area contributed by atoms with E-state index in [1.54, 1.807) is 13.1 Å². The third-order valence-corrected chi connectivity index (χ3v) is 4.15. The number of halogens is 2. The molecule has 1 aromatic carbocycles. The zero-order valence-electron chi connectivity index (χ0n) is 12.3. The van der Waals surface area contributed by atoms with Crippen molar-refractivity contribution < 1.29 is 4.74 Å². The highest BCUT2D eigenvalue weighted by atomic mass is 35.5. The Morgan fingerprint density at radius 2 is 2.29 bits per heavy atom. The van der Waals surface area contributed by atoms with Gasteiger partial charge in [-0.3, -0.25) is 4.99 Å². The van der Waals surface area contributed by atoms with Crippen molar-refractivity contribution in [2.45, 2.75) is 19.4 Å². The molecule has 1 aliphatic rings. The van der Waals surface area contributed by atoms with Crippen LogP contribution in [0.4, 0.5) is 0 Å². The lowest BCUT2D eigenvalue weighted by molar-refractivity contribution is 0.186. The van der Waals surface area contributed by atoms with Crippen LogP contribution in [0.1, 0.15) is 24.9 Å². The molecule has 1 aliphatic heterocycles. The molecule has 2 N–H and O–H groups in total. The summed E-state index contributed by atoms with van der Waals surface area (Å²) >= 11 is 12.2. The van der Waals surface area contributed by atoms with Crippen LogP contribution in [-0.4, -0.2) is 32.8 Å². The fourth-order valence-corrected chi connectivity index (χ4v) is 2.89. The maximum Gasteiger partial charge on any atom is 0.191 e. The van der Waals surface area contributed by atoms with E-state index in [2.05, 4.69) is 15.6 Å². The second kappa shape index (κ2) is 7.87. The first-order valence-corrected chi connectivity index (χ1v) is 7.85. The van der Waals surface area contributed by atoms with Gasteiger partial charge in [0.1, 0.15) is 0 Å². The fraction of sp³-hybridized carbons (Fsp3) is 0.533. The molecule has 21 heavy (non-hydrogen) atoms. The quantitative estimate of drug-likeness (QED) is 0.658. The van der Waals surface area contributed by atoms with E-state index in [1.165, 1.54) is 0 Å². The third kappa shape index (κ3) is 4.77. The van der Waals surface area contributed by atoms with Gasteiger partial charge < -0.3 is 15.4 Å². The number of nitrogens with zero attached hydrogens (tertiary/aromatic N) is 1. The van der Waals surface area contributed by atoms with Crippen molar-refractivity contribution in [3.05, 3.63) is 33.8 Å². The summed E-state index contributed by atoms with van der Waals surface area (Å²) in [7, 11) is 1.76. The molecule has 0 spiro atoms. The fourth-order valence-electron chi connectivity index (χ4n) is 2.32. The van der Waals surface area contributed by atoms with Crippen molar-refractivity contribution >= 4 is 29.2 Å². The molecule has 1 aromatic rings. The Bertz CT molecular complexity index is 502. The van der Waals surface area contributed by atoms with Gasteiger partial charge in [-0.2, -0.15) is 0 Å². The maximum absolute atomic E-state index is 6.23. The van der Waals surface area contributed by atoms with E-state index in [9.17, 15) is 0 Å². The van der Waals surface area contributed by atoms with Crippen LogP contribution in [0.5, 0.6) is 0 Å². The lowest BCUT2D eigenvalue weighted by atomic mass is 10.1. The first-order valence-electron chi connectivity index (χ1n) is 7.10. The molecule has 116 valence electrons. The van der Waals surface area contributed by atoms with Crippen LogP contribution >= 0.6 is 23.2 Å². The second-order valence-electron chi connectivity index (χ2n) is 5.21. The number of hydrogen-bond acceptors (Lipinski definition) is 2. The zero-order valence-corrected chi connectivity index (χ0v) is 13.8. The van der Waals surface area contributed by atoms with Crippen LogP contribution in [0.15, 0.2) is 23.2 Å². The van der Waals surface area contributed by atoms with E-state index >= 15 is 0 Å². The molecule has 6 heteroatoms. The third-order valence-electron chi connectivity index (χ3n) is 3.59. The summed E-state index contributed by atoms with van der Waals surface area (Å²) in [6.45, 7) is 4.58. The van der Waals surface area contributed by atoms with Crippen molar-refractivity contribution in [3.63, 3.8) is 0 Å². The predicted molar refractivity (Wildman–Crippen MR) is 88.3 cm³/mol. The smallest absolute Gasteiger partial charge is 0.191 e. The van der Waals surface area contributed by atoms with Gasteiger partial charge in [-0.15, -0.1) is 0 Å². The summed E-state index contributed by atoms with van der Waals surface area (Å²) in [5, 5.41) is 7.96. The van der Waals surface area contributed by atoms with Crippen LogP contribution in [0.2, 0.25) is 10.0 Å². The standard InChI is InChI=1S/C15H21Cl2N3O/c1-10(13-4-3-12(16)7-14(13)17)20-15(18-2)19-8-11-5-6-21-9-11/h3-4,7,10-11H,5-6,8-9H2,1-2H3,(H2,18,19,20). The van der Waals surface area contributed by atoms with E-state index in [0.717, 1.165) is 37.7 Å². The van der Waals surface area contributed by atoms with Gasteiger partial charge in [0.2, 0.25) is 0 Å². The van der Waals surface area contributed by atoms with Crippen LogP contribution in [-0.2, 0) is 4.74 Å². The van der Waals surface area contributed by atoms with Crippen molar-refractivity contribution in [1.82, 2.24) is 10.6 Å². The van der Waals surface area contributed by atoms with Crippen LogP contribution < -0.4 is 10.6 Å². The summed E-state index contributed by atoms with van der Waals surface area (Å²) in [5.74, 6) is 1.32. The van der Waals surface area contributed by atoms with Gasteiger partial charge in [-0.25, -0.2) is 0 Å². The molecule has 1 saturated heterocycles. The molecule has 2 rings (SSSR count). The average molecular weight is 330 g/mol. The molecule has 1 heterocycles. The Morgan fingerprint density at radius 3 is 2.90 bits per heavy atom. The summed E-state index contributed by atoms with van der Waals surface area (Å²) in [6, 6.07) is 5.57. The molecule has 4 nitrogen and oxygen atoms in total. The van der Waals surface area contributed by atoms with Gasteiger partial charge in [0, 0.05) is 36.2 Å². The molecular formula is C15H21Cl2N3O. The lowest BCUT2D eigenvalue weighted by Gasteiger charge is -2.20. The largest absolute Gasteiger partial charge is 0.381 e. The first kappa shape index (κ1) is 16.4. The molecule has 0 saturated carbocycles. The normalized spacial score (nSPS) is 20.4. The Hall–Kier alpha value is -0.970. The van der Waals surface area contributed by atoms with Crippen molar-refractivity contribution in [2.24, 2.45) is 10.9 Å². The molecule has 2 atom stereocenters. The highest BCUT2D eigenvalue weighted by Gasteiger charge is 2.17. The topological polar surface area (TPSA) is 45.7 Å². The summed E-state index contributed by atoms with van der Waals surface area (Å²) in [4.78, 5) is 4.25. The van der Waals surface area contributed by atoms with Crippen LogP contribution in [0.25, 0.3) is 0 Å². The number of benzene rings is 1. The molecule has 2 unspecified atom stereocenters. The van der Waals surface area contributed by atoms with Crippen LogP contribution in [0, 0.1) is 5.92 Å². The molecule has 0 aliphatic carbocycles. The Labute approximate surface area is 135 Å². The van der Waals surface area contributed by atoms with Gasteiger partial charge in [-0.05, 0) is 31.0 Å². The second-order valence-corrected chi connectivity index (χ2v) is 6.06. The number of ether oxygens (including phenoxy) is 1. The van der Waals surface area contributed by atoms with Gasteiger partial charge in [0.25, 0.3) is 0 Å². The molecule has 1 fully saturated rings. The summed E-state index contributed by atoms with van der Waals surface area (Å²) < 4.78 is 5.37. The van der Waals surface area contributed by atoms with Crippen molar-refractivity contribution in [3.8, 4) is 0 Å². The molecule has 0 bridgehead atoms. The van der Waals surface area contributed by atoms with Gasteiger partial charge in [0.05, 0.1) is 12.6 Å². The molecule has 0 amide bonds. The monoisotopic (exact) mass is 329 g/mol. The Balaban J connectivity index is 1.91. The van der Waals surface area contributed by atoms with E-state index in [4.69, 9.17) is 27.9 Å². The van der Waals surface area contributed by atoms with Crippen molar-refractivity contribution in [1.29, 1.82) is 0 Å². The van der Waals surface area contributed by atoms with Gasteiger partial charge in [-0.1, -0.05) is 29.3 Å². The minimum Gasteiger partial charge on any atom is -0.381 e. The number of guanidine groups is 1. The highest BCUT2D eigenvalue weighted by Crippen LogP contribution is 2.26. The lowest BCUT2D eigenvalue weighted by Crippen LogP contribution is -2.41. The first-order chi connectivity index (χ1) is 10.1. The van der Waals surface area contributed by atoms with E-state index in [1.807, 2.05) is 19.1 Å². The summed E-state index contributed by atoms with van der Waals surface area (Å²) in [6.07, 6.45) is 1.10. The van der Waals surface area contributed by atoms with Crippen LogP contribution in [0.3, 0.4) is 0 Å². The number of nitrogens with one attached hydrogen (secondary N) is 2. The number of aliphatic imine (C=N–C) groups is 1. The van der Waals surface area contributed by atoms with E-state index in [0.29, 0.717) is 16.0 Å². The van der Waals surface area contributed by atoms with E-state index < -0.39 is 0 Å².